The van der Waals surface area contributed by atoms with E-state index >= 15 is 0 Å². The zero-order valence-corrected chi connectivity index (χ0v) is 16.3. The van der Waals surface area contributed by atoms with Gasteiger partial charge in [0.15, 0.2) is 11.6 Å². The lowest BCUT2D eigenvalue weighted by atomic mass is 9.87. The Bertz CT molecular complexity index is 808. The summed E-state index contributed by atoms with van der Waals surface area (Å²) in [4.78, 5) is 40.3. The summed E-state index contributed by atoms with van der Waals surface area (Å²) in [6.07, 6.45) is 3.88. The van der Waals surface area contributed by atoms with Crippen molar-refractivity contribution in [1.82, 2.24) is 15.1 Å². The van der Waals surface area contributed by atoms with Crippen LogP contribution in [0, 0.1) is 17.6 Å². The molecule has 4 amide bonds. The molecule has 1 aliphatic carbocycles. The van der Waals surface area contributed by atoms with Crippen molar-refractivity contribution < 1.29 is 23.2 Å². The molecular formula is C20H25F2N3O3. The lowest BCUT2D eigenvalue weighted by molar-refractivity contribution is -0.139. The molecule has 152 valence electrons. The van der Waals surface area contributed by atoms with Gasteiger partial charge in [0, 0.05) is 13.1 Å². The monoisotopic (exact) mass is 393 g/mol. The number of nitrogens with one attached hydrogen (secondary N) is 1. The fraction of sp³-hybridized carbons (Fsp3) is 0.550. The standard InChI is InChI=1S/C20H25F2N3O3/c1-12-4-7-14(8-5-12)24(3)17(26)11-25-18(27)20(2,23-19(25)28)13-6-9-15(21)16(22)10-13/h6,9-10,12,14H,4-5,7-8,11H2,1-3H3,(H,23,28). The third kappa shape index (κ3) is 3.59. The molecule has 1 unspecified atom stereocenters. The van der Waals surface area contributed by atoms with Crippen LogP contribution in [0.25, 0.3) is 0 Å². The van der Waals surface area contributed by atoms with Crippen LogP contribution >= 0.6 is 0 Å². The Labute approximate surface area is 162 Å². The van der Waals surface area contributed by atoms with Crippen LogP contribution in [-0.2, 0) is 15.1 Å². The maximum atomic E-state index is 13.6. The van der Waals surface area contributed by atoms with E-state index in [4.69, 9.17) is 0 Å². The number of carbonyl (C=O) groups is 3. The van der Waals surface area contributed by atoms with Crippen LogP contribution in [0.5, 0.6) is 0 Å². The van der Waals surface area contributed by atoms with Crippen molar-refractivity contribution in [2.24, 2.45) is 5.92 Å². The summed E-state index contributed by atoms with van der Waals surface area (Å²) in [5.74, 6) is -2.50. The van der Waals surface area contributed by atoms with Gasteiger partial charge in [-0.3, -0.25) is 14.5 Å². The molecule has 0 aromatic heterocycles. The van der Waals surface area contributed by atoms with Crippen molar-refractivity contribution >= 4 is 17.8 Å². The fourth-order valence-electron chi connectivity index (χ4n) is 3.92. The molecule has 1 aliphatic heterocycles. The normalized spacial score (nSPS) is 27.7. The molecule has 0 radical (unpaired) electrons. The lowest BCUT2D eigenvalue weighted by Crippen LogP contribution is -2.47. The Kier molecular flexibility index (Phi) is 5.41. The van der Waals surface area contributed by atoms with Crippen LogP contribution in [0.15, 0.2) is 18.2 Å². The highest BCUT2D eigenvalue weighted by Gasteiger charge is 2.50. The van der Waals surface area contributed by atoms with Gasteiger partial charge in [0.2, 0.25) is 5.91 Å². The Morgan fingerprint density at radius 3 is 2.46 bits per heavy atom. The summed E-state index contributed by atoms with van der Waals surface area (Å²) in [6, 6.07) is 2.41. The molecule has 8 heteroatoms. The van der Waals surface area contributed by atoms with Crippen LogP contribution in [0.2, 0.25) is 0 Å². The number of likely N-dealkylation sites (N-methyl/N-ethyl adjacent to an activating group) is 1. The van der Waals surface area contributed by atoms with Crippen LogP contribution in [0.4, 0.5) is 13.6 Å². The molecule has 6 nitrogen and oxygen atoms in total. The first kappa shape index (κ1) is 20.2. The number of urea groups is 1. The van der Waals surface area contributed by atoms with Crippen molar-refractivity contribution in [2.75, 3.05) is 13.6 Å². The highest BCUT2D eigenvalue weighted by molar-refractivity contribution is 6.09. The highest BCUT2D eigenvalue weighted by atomic mass is 19.2. The minimum Gasteiger partial charge on any atom is -0.341 e. The first-order valence-corrected chi connectivity index (χ1v) is 9.48. The zero-order chi connectivity index (χ0) is 20.6. The molecule has 1 aromatic carbocycles. The minimum atomic E-state index is -1.55. The number of hydrogen-bond acceptors (Lipinski definition) is 3. The SMILES string of the molecule is CC1CCC(N(C)C(=O)CN2C(=O)NC(C)(c3ccc(F)c(F)c3)C2=O)CC1. The summed E-state index contributed by atoms with van der Waals surface area (Å²) < 4.78 is 26.8. The average molecular weight is 393 g/mol. The van der Waals surface area contributed by atoms with E-state index in [2.05, 4.69) is 12.2 Å². The smallest absolute Gasteiger partial charge is 0.325 e. The topological polar surface area (TPSA) is 69.7 Å². The van der Waals surface area contributed by atoms with Crippen LogP contribution in [0.1, 0.15) is 45.1 Å². The summed E-state index contributed by atoms with van der Waals surface area (Å²) in [5, 5.41) is 2.50. The highest BCUT2D eigenvalue weighted by Crippen LogP contribution is 2.30. The number of benzene rings is 1. The minimum absolute atomic E-state index is 0.0991. The molecule has 0 spiro atoms. The number of hydrogen-bond donors (Lipinski definition) is 1. The Balaban J connectivity index is 1.72. The number of nitrogens with zero attached hydrogens (tertiary/aromatic N) is 2. The predicted molar refractivity (Wildman–Crippen MR) is 98.1 cm³/mol. The van der Waals surface area contributed by atoms with E-state index in [9.17, 15) is 23.2 Å². The maximum absolute atomic E-state index is 13.6. The first-order valence-electron chi connectivity index (χ1n) is 9.48. The van der Waals surface area contributed by atoms with E-state index in [1.807, 2.05) is 0 Å². The molecule has 1 atom stereocenters. The Hall–Kier alpha value is -2.51. The van der Waals surface area contributed by atoms with Gasteiger partial charge in [-0.05, 0) is 56.2 Å². The van der Waals surface area contributed by atoms with Gasteiger partial charge in [-0.2, -0.15) is 0 Å². The summed E-state index contributed by atoms with van der Waals surface area (Å²) in [5.41, 5.74) is -1.43. The molecule has 2 fully saturated rings. The Morgan fingerprint density at radius 2 is 1.86 bits per heavy atom. The molecule has 3 rings (SSSR count). The van der Waals surface area contributed by atoms with Crippen molar-refractivity contribution in [1.29, 1.82) is 0 Å². The number of imide groups is 1. The van der Waals surface area contributed by atoms with Gasteiger partial charge in [0.25, 0.3) is 5.91 Å². The third-order valence-electron chi connectivity index (χ3n) is 5.99. The molecule has 1 heterocycles. The van der Waals surface area contributed by atoms with E-state index in [-0.39, 0.29) is 24.1 Å². The van der Waals surface area contributed by atoms with Gasteiger partial charge >= 0.3 is 6.03 Å². The largest absolute Gasteiger partial charge is 0.341 e. The van der Waals surface area contributed by atoms with Gasteiger partial charge in [0.1, 0.15) is 12.1 Å². The summed E-state index contributed by atoms with van der Waals surface area (Å²) in [6.45, 7) is 3.22. The van der Waals surface area contributed by atoms with E-state index in [1.165, 1.54) is 13.0 Å². The van der Waals surface area contributed by atoms with E-state index < -0.39 is 29.1 Å². The molecule has 1 N–H and O–H groups in total. The average Bonchev–Trinajstić information content (AvgIpc) is 2.88. The predicted octanol–water partition coefficient (Wildman–Crippen LogP) is 2.77. The second-order valence-corrected chi connectivity index (χ2v) is 7.99. The Morgan fingerprint density at radius 1 is 1.21 bits per heavy atom. The van der Waals surface area contributed by atoms with Gasteiger partial charge in [0.05, 0.1) is 0 Å². The van der Waals surface area contributed by atoms with E-state index in [1.54, 1.807) is 11.9 Å². The summed E-state index contributed by atoms with van der Waals surface area (Å²) in [7, 11) is 1.69. The van der Waals surface area contributed by atoms with Gasteiger partial charge < -0.3 is 10.2 Å². The number of halogens is 2. The molecule has 0 bridgehead atoms. The second-order valence-electron chi connectivity index (χ2n) is 7.99. The van der Waals surface area contributed by atoms with Gasteiger partial charge in [-0.15, -0.1) is 0 Å². The lowest BCUT2D eigenvalue weighted by Gasteiger charge is -2.34. The van der Waals surface area contributed by atoms with Crippen molar-refractivity contribution in [3.8, 4) is 0 Å². The molecule has 1 saturated heterocycles. The molecular weight excluding hydrogens is 368 g/mol. The number of carbonyl (C=O) groups excluding carboxylic acids is 3. The summed E-state index contributed by atoms with van der Waals surface area (Å²) >= 11 is 0. The molecule has 1 saturated carbocycles. The maximum Gasteiger partial charge on any atom is 0.325 e. The second kappa shape index (κ2) is 7.48. The van der Waals surface area contributed by atoms with Crippen molar-refractivity contribution in [3.05, 3.63) is 35.4 Å². The van der Waals surface area contributed by atoms with E-state index in [0.29, 0.717) is 5.92 Å². The number of rotatable bonds is 4. The first-order chi connectivity index (χ1) is 13.1. The van der Waals surface area contributed by atoms with E-state index in [0.717, 1.165) is 42.7 Å². The molecule has 28 heavy (non-hydrogen) atoms. The van der Waals surface area contributed by atoms with Gasteiger partial charge in [-0.25, -0.2) is 13.6 Å². The van der Waals surface area contributed by atoms with Gasteiger partial charge in [-0.1, -0.05) is 13.0 Å². The zero-order valence-electron chi connectivity index (χ0n) is 16.3. The van der Waals surface area contributed by atoms with Crippen molar-refractivity contribution in [3.63, 3.8) is 0 Å². The van der Waals surface area contributed by atoms with Crippen LogP contribution in [-0.4, -0.2) is 47.3 Å². The van der Waals surface area contributed by atoms with Crippen molar-refractivity contribution in [2.45, 2.75) is 51.1 Å². The van der Waals surface area contributed by atoms with Crippen LogP contribution < -0.4 is 5.32 Å². The fourth-order valence-corrected chi connectivity index (χ4v) is 3.92. The molecule has 2 aliphatic rings. The molecule has 1 aromatic rings. The number of amides is 4. The quantitative estimate of drug-likeness (QED) is 0.800. The third-order valence-corrected chi connectivity index (χ3v) is 5.99. The van der Waals surface area contributed by atoms with Crippen LogP contribution in [0.3, 0.4) is 0 Å².